The Kier molecular flexibility index (Phi) is 4.23. The number of hydrogen-bond acceptors (Lipinski definition) is 5. The van der Waals surface area contributed by atoms with Gasteiger partial charge in [-0.2, -0.15) is 13.2 Å². The average molecular weight is 258 g/mol. The maximum atomic E-state index is 11.7. The summed E-state index contributed by atoms with van der Waals surface area (Å²) >= 11 is 2.40. The van der Waals surface area contributed by atoms with Crippen LogP contribution in [0.2, 0.25) is 0 Å². The maximum absolute atomic E-state index is 11.7. The van der Waals surface area contributed by atoms with Crippen molar-refractivity contribution in [1.29, 1.82) is 0 Å². The van der Waals surface area contributed by atoms with Gasteiger partial charge in [0.1, 0.15) is 6.61 Å². The number of aryl methyl sites for hydroxylation is 1. The molecule has 1 heterocycles. The number of ether oxygens (including phenoxy) is 1. The van der Waals surface area contributed by atoms with E-state index in [0.29, 0.717) is 5.13 Å². The molecule has 15 heavy (non-hydrogen) atoms. The van der Waals surface area contributed by atoms with Gasteiger partial charge in [0.05, 0.1) is 15.8 Å². The zero-order chi connectivity index (χ0) is 11.5. The molecule has 86 valence electrons. The van der Waals surface area contributed by atoms with Crippen molar-refractivity contribution in [2.45, 2.75) is 17.3 Å². The summed E-state index contributed by atoms with van der Waals surface area (Å²) in [6.45, 7) is 0.520. The van der Waals surface area contributed by atoms with Crippen LogP contribution in [0.5, 0.6) is 0 Å². The monoisotopic (exact) mass is 258 g/mol. The Morgan fingerprint density at radius 1 is 1.53 bits per heavy atom. The Balaban J connectivity index is 2.29. The smallest absolute Gasteiger partial charge is 0.375 e. The molecule has 3 nitrogen and oxygen atoms in total. The van der Waals surface area contributed by atoms with Gasteiger partial charge < -0.3 is 10.5 Å². The third-order valence-electron chi connectivity index (χ3n) is 1.31. The van der Waals surface area contributed by atoms with E-state index in [0.717, 1.165) is 21.7 Å². The van der Waals surface area contributed by atoms with E-state index in [1.54, 1.807) is 6.92 Å². The van der Waals surface area contributed by atoms with Crippen molar-refractivity contribution in [3.8, 4) is 0 Å². The standard InChI is InChI=1S/C7H9F3N2OS2/c1-4-5(15-6(11)12-4)14-3-13-2-7(8,9)10/h2-3H2,1H3,(H2,11,12). The van der Waals surface area contributed by atoms with E-state index >= 15 is 0 Å². The molecule has 1 aromatic heterocycles. The lowest BCUT2D eigenvalue weighted by Crippen LogP contribution is -2.16. The minimum absolute atomic E-state index is 0.0536. The highest BCUT2D eigenvalue weighted by Crippen LogP contribution is 2.30. The topological polar surface area (TPSA) is 48.1 Å². The fourth-order valence-corrected chi connectivity index (χ4v) is 2.52. The van der Waals surface area contributed by atoms with Crippen LogP contribution in [-0.4, -0.2) is 23.7 Å². The minimum atomic E-state index is -4.28. The zero-order valence-corrected chi connectivity index (χ0v) is 9.43. The lowest BCUT2D eigenvalue weighted by atomic mass is 10.6. The van der Waals surface area contributed by atoms with Crippen molar-refractivity contribution in [2.75, 3.05) is 18.3 Å². The van der Waals surface area contributed by atoms with Crippen molar-refractivity contribution in [2.24, 2.45) is 0 Å². The van der Waals surface area contributed by atoms with Gasteiger partial charge in [-0.15, -0.1) is 0 Å². The molecule has 0 unspecified atom stereocenters. The number of nitrogen functional groups attached to an aromatic ring is 1. The van der Waals surface area contributed by atoms with Crippen LogP contribution in [0.15, 0.2) is 4.21 Å². The summed E-state index contributed by atoms with van der Waals surface area (Å²) in [4.78, 5) is 3.94. The van der Waals surface area contributed by atoms with E-state index < -0.39 is 12.8 Å². The van der Waals surface area contributed by atoms with Gasteiger partial charge in [-0.05, 0) is 6.92 Å². The summed E-state index contributed by atoms with van der Waals surface area (Å²) in [7, 11) is 0. The molecule has 0 amide bonds. The molecule has 0 aliphatic rings. The summed E-state index contributed by atoms with van der Waals surface area (Å²) in [5, 5.41) is 0.408. The van der Waals surface area contributed by atoms with E-state index in [2.05, 4.69) is 9.72 Å². The van der Waals surface area contributed by atoms with E-state index in [1.807, 2.05) is 0 Å². The SMILES string of the molecule is Cc1nc(N)sc1SCOCC(F)(F)F. The van der Waals surface area contributed by atoms with Crippen molar-refractivity contribution < 1.29 is 17.9 Å². The van der Waals surface area contributed by atoms with Crippen LogP contribution in [0.3, 0.4) is 0 Å². The van der Waals surface area contributed by atoms with Gasteiger partial charge in [0, 0.05) is 0 Å². The largest absolute Gasteiger partial charge is 0.411 e. The van der Waals surface area contributed by atoms with Crippen molar-refractivity contribution >= 4 is 28.2 Å². The fraction of sp³-hybridized carbons (Fsp3) is 0.571. The molecular formula is C7H9F3N2OS2. The summed E-state index contributed by atoms with van der Waals surface area (Å²) in [6.07, 6.45) is -4.28. The van der Waals surface area contributed by atoms with Crippen LogP contribution in [-0.2, 0) is 4.74 Å². The Labute approximate surface area is 92.8 Å². The van der Waals surface area contributed by atoms with Gasteiger partial charge in [-0.3, -0.25) is 0 Å². The third kappa shape index (κ3) is 4.72. The predicted molar refractivity (Wildman–Crippen MR) is 54.0 cm³/mol. The van der Waals surface area contributed by atoms with E-state index in [-0.39, 0.29) is 5.94 Å². The van der Waals surface area contributed by atoms with Gasteiger partial charge in [-0.25, -0.2) is 4.98 Å². The highest BCUT2D eigenvalue weighted by molar-refractivity contribution is 8.01. The zero-order valence-electron chi connectivity index (χ0n) is 7.80. The van der Waals surface area contributed by atoms with Gasteiger partial charge in [0.25, 0.3) is 0 Å². The molecule has 1 aromatic rings. The number of aromatic nitrogens is 1. The number of nitrogens with zero attached hydrogens (tertiary/aromatic N) is 1. The minimum Gasteiger partial charge on any atom is -0.375 e. The van der Waals surface area contributed by atoms with Crippen molar-refractivity contribution in [3.05, 3.63) is 5.69 Å². The van der Waals surface area contributed by atoms with Crippen LogP contribution in [0, 0.1) is 6.92 Å². The molecule has 1 rings (SSSR count). The van der Waals surface area contributed by atoms with E-state index in [4.69, 9.17) is 5.73 Å². The molecule has 0 spiro atoms. The average Bonchev–Trinajstić information content (AvgIpc) is 2.37. The first-order valence-corrected chi connectivity index (χ1v) is 5.69. The normalized spacial score (nSPS) is 12.0. The Morgan fingerprint density at radius 3 is 2.67 bits per heavy atom. The molecule has 0 atom stereocenters. The predicted octanol–water partition coefficient (Wildman–Crippen LogP) is 2.66. The number of nitrogens with two attached hydrogens (primary N) is 1. The molecule has 0 fully saturated rings. The first-order valence-electron chi connectivity index (χ1n) is 3.88. The molecule has 0 bridgehead atoms. The van der Waals surface area contributed by atoms with Crippen LogP contribution >= 0.6 is 23.1 Å². The van der Waals surface area contributed by atoms with Crippen LogP contribution in [0.4, 0.5) is 18.3 Å². The van der Waals surface area contributed by atoms with Crippen LogP contribution in [0.25, 0.3) is 0 Å². The molecule has 0 saturated carbocycles. The Hall–Kier alpha value is -0.470. The summed E-state index contributed by atoms with van der Waals surface area (Å²) in [5.74, 6) is -0.0536. The van der Waals surface area contributed by atoms with E-state index in [9.17, 15) is 13.2 Å². The van der Waals surface area contributed by atoms with Gasteiger partial charge in [0.2, 0.25) is 0 Å². The summed E-state index contributed by atoms with van der Waals surface area (Å²) in [5.41, 5.74) is 6.15. The number of halogens is 3. The van der Waals surface area contributed by atoms with E-state index in [1.165, 1.54) is 11.3 Å². The second-order valence-electron chi connectivity index (χ2n) is 2.65. The number of thiazole rings is 1. The van der Waals surface area contributed by atoms with Gasteiger partial charge >= 0.3 is 6.18 Å². The fourth-order valence-electron chi connectivity index (χ4n) is 0.789. The molecule has 0 radical (unpaired) electrons. The highest BCUT2D eigenvalue weighted by Gasteiger charge is 2.27. The first-order chi connectivity index (χ1) is 6.88. The summed E-state index contributed by atoms with van der Waals surface area (Å²) in [6, 6.07) is 0. The molecule has 0 aliphatic carbocycles. The van der Waals surface area contributed by atoms with Crippen LogP contribution < -0.4 is 5.73 Å². The molecule has 8 heteroatoms. The number of anilines is 1. The Bertz CT molecular complexity index is 327. The lowest BCUT2D eigenvalue weighted by Gasteiger charge is -2.06. The van der Waals surface area contributed by atoms with Crippen molar-refractivity contribution in [1.82, 2.24) is 4.98 Å². The van der Waals surface area contributed by atoms with Crippen molar-refractivity contribution in [3.63, 3.8) is 0 Å². The number of rotatable bonds is 4. The highest BCUT2D eigenvalue weighted by atomic mass is 32.2. The van der Waals surface area contributed by atoms with Crippen LogP contribution in [0.1, 0.15) is 5.69 Å². The summed E-state index contributed by atoms with van der Waals surface area (Å²) < 4.78 is 40.3. The molecule has 0 aromatic carbocycles. The quantitative estimate of drug-likeness (QED) is 0.512. The number of thioether (sulfide) groups is 1. The second kappa shape index (κ2) is 5.04. The second-order valence-corrected chi connectivity index (χ2v) is 4.87. The molecule has 2 N–H and O–H groups in total. The Morgan fingerprint density at radius 2 is 2.20 bits per heavy atom. The van der Waals surface area contributed by atoms with Gasteiger partial charge in [-0.1, -0.05) is 23.1 Å². The maximum Gasteiger partial charge on any atom is 0.411 e. The number of hydrogen-bond donors (Lipinski definition) is 1. The molecule has 0 aliphatic heterocycles. The molecular weight excluding hydrogens is 249 g/mol. The number of alkyl halides is 3. The van der Waals surface area contributed by atoms with Gasteiger partial charge in [0.15, 0.2) is 5.13 Å². The first kappa shape index (κ1) is 12.6. The third-order valence-corrected chi connectivity index (χ3v) is 3.54. The lowest BCUT2D eigenvalue weighted by molar-refractivity contribution is -0.168. The molecule has 0 saturated heterocycles.